The number of rotatable bonds is 2. The van der Waals surface area contributed by atoms with Gasteiger partial charge in [0.1, 0.15) is 12.2 Å². The molecule has 0 aromatic rings. The molecule has 4 N–H and O–H groups in total. The Bertz CT molecular complexity index is 226. The Balaban J connectivity index is 0. The number of carbonyl (C=O) groups is 1. The molecule has 1 aliphatic rings. The summed E-state index contributed by atoms with van der Waals surface area (Å²) in [6, 6.07) is 0. The molecule has 0 radical (unpaired) electrons. The molecule has 1 rings (SSSR count). The molecule has 1 amide bonds. The molecule has 0 aromatic heterocycles. The van der Waals surface area contributed by atoms with Crippen LogP contribution in [0.25, 0.3) is 0 Å². The fraction of sp³-hybridized carbons (Fsp3) is 0.917. The summed E-state index contributed by atoms with van der Waals surface area (Å²) in [5.41, 5.74) is 0. The largest absolute Gasteiger partial charge is 0.394 e. The summed E-state index contributed by atoms with van der Waals surface area (Å²) in [6.45, 7) is 5.15. The van der Waals surface area contributed by atoms with Gasteiger partial charge in [0, 0.05) is 27.5 Å². The number of hydrogen-bond donors (Lipinski definition) is 4. The molecule has 1 saturated heterocycles. The molecular weight excluding hydrogens is 254 g/mol. The van der Waals surface area contributed by atoms with Crippen molar-refractivity contribution in [1.29, 1.82) is 0 Å². The van der Waals surface area contributed by atoms with E-state index in [1.54, 1.807) is 7.05 Å². The highest BCUT2D eigenvalue weighted by Gasteiger charge is 2.36. The van der Waals surface area contributed by atoms with Gasteiger partial charge in [0.2, 0.25) is 5.91 Å². The molecule has 1 fully saturated rings. The first-order valence-corrected chi connectivity index (χ1v) is 6.29. The van der Waals surface area contributed by atoms with E-state index >= 15 is 0 Å². The van der Waals surface area contributed by atoms with E-state index in [4.69, 9.17) is 14.6 Å². The molecule has 4 atom stereocenters. The second kappa shape index (κ2) is 12.3. The maximum Gasteiger partial charge on any atom is 0.216 e. The van der Waals surface area contributed by atoms with Crippen LogP contribution in [0.4, 0.5) is 0 Å². The van der Waals surface area contributed by atoms with Crippen molar-refractivity contribution < 1.29 is 29.6 Å². The molecule has 116 valence electrons. The van der Waals surface area contributed by atoms with Gasteiger partial charge in [0.05, 0.1) is 12.7 Å². The SMILES string of the molecule is CC.CNC(C)=O.COC1CC(O)C(O)C(CO)O1. The van der Waals surface area contributed by atoms with E-state index in [1.807, 2.05) is 13.8 Å². The normalized spacial score (nSPS) is 29.3. The first-order valence-electron chi connectivity index (χ1n) is 6.29. The number of nitrogens with one attached hydrogen (secondary N) is 1. The molecule has 0 aromatic carbocycles. The molecule has 0 bridgehead atoms. The Morgan fingerprint density at radius 3 is 2.21 bits per heavy atom. The topological polar surface area (TPSA) is 108 Å². The minimum atomic E-state index is -1.03. The monoisotopic (exact) mass is 281 g/mol. The molecule has 0 spiro atoms. The van der Waals surface area contributed by atoms with E-state index in [0.29, 0.717) is 0 Å². The maximum atomic E-state index is 9.70. The Morgan fingerprint density at radius 2 is 1.89 bits per heavy atom. The quantitative estimate of drug-likeness (QED) is 0.530. The number of carbonyl (C=O) groups excluding carboxylic acids is 1. The molecule has 0 aliphatic carbocycles. The van der Waals surface area contributed by atoms with Crippen molar-refractivity contribution in [1.82, 2.24) is 5.32 Å². The van der Waals surface area contributed by atoms with Crippen LogP contribution >= 0.6 is 0 Å². The lowest BCUT2D eigenvalue weighted by Gasteiger charge is -2.35. The van der Waals surface area contributed by atoms with Crippen LogP contribution in [-0.4, -0.2) is 66.6 Å². The van der Waals surface area contributed by atoms with E-state index in [2.05, 4.69) is 5.32 Å². The number of aliphatic hydroxyl groups is 3. The van der Waals surface area contributed by atoms with Gasteiger partial charge >= 0.3 is 0 Å². The van der Waals surface area contributed by atoms with E-state index in [0.717, 1.165) is 0 Å². The summed E-state index contributed by atoms with van der Waals surface area (Å²) in [5, 5.41) is 29.6. The van der Waals surface area contributed by atoms with Crippen molar-refractivity contribution in [2.45, 2.75) is 51.8 Å². The Hall–Kier alpha value is -0.730. The van der Waals surface area contributed by atoms with Crippen LogP contribution in [0, 0.1) is 0 Å². The van der Waals surface area contributed by atoms with Crippen molar-refractivity contribution in [3.05, 3.63) is 0 Å². The zero-order valence-electron chi connectivity index (χ0n) is 12.3. The molecule has 7 heteroatoms. The first-order chi connectivity index (χ1) is 8.96. The summed E-state index contributed by atoms with van der Waals surface area (Å²) in [7, 11) is 3.05. The van der Waals surface area contributed by atoms with Crippen LogP contribution in [0.2, 0.25) is 0 Å². The molecule has 1 aliphatic heterocycles. The average Bonchev–Trinajstić information content (AvgIpc) is 2.44. The lowest BCUT2D eigenvalue weighted by atomic mass is 10.0. The van der Waals surface area contributed by atoms with Crippen LogP contribution in [-0.2, 0) is 14.3 Å². The van der Waals surface area contributed by atoms with E-state index < -0.39 is 24.6 Å². The number of amides is 1. The number of methoxy groups -OCH3 is 1. The highest BCUT2D eigenvalue weighted by atomic mass is 16.7. The van der Waals surface area contributed by atoms with Gasteiger partial charge in [0.25, 0.3) is 0 Å². The van der Waals surface area contributed by atoms with Crippen LogP contribution < -0.4 is 5.32 Å². The van der Waals surface area contributed by atoms with Crippen LogP contribution in [0.5, 0.6) is 0 Å². The zero-order valence-corrected chi connectivity index (χ0v) is 12.3. The fourth-order valence-electron chi connectivity index (χ4n) is 1.22. The highest BCUT2D eigenvalue weighted by Crippen LogP contribution is 2.20. The number of hydrogen-bond acceptors (Lipinski definition) is 6. The minimum absolute atomic E-state index is 0.00463. The van der Waals surface area contributed by atoms with Gasteiger partial charge in [-0.3, -0.25) is 4.79 Å². The zero-order chi connectivity index (χ0) is 15.4. The average molecular weight is 281 g/mol. The van der Waals surface area contributed by atoms with Crippen molar-refractivity contribution >= 4 is 5.91 Å². The van der Waals surface area contributed by atoms with Gasteiger partial charge in [-0.25, -0.2) is 0 Å². The summed E-state index contributed by atoms with van der Waals surface area (Å²) >= 11 is 0. The molecule has 7 nitrogen and oxygen atoms in total. The van der Waals surface area contributed by atoms with Crippen LogP contribution in [0.15, 0.2) is 0 Å². The predicted octanol–water partition coefficient (Wildman–Crippen LogP) is -0.760. The van der Waals surface area contributed by atoms with Crippen LogP contribution in [0.3, 0.4) is 0 Å². The van der Waals surface area contributed by atoms with Crippen LogP contribution in [0.1, 0.15) is 27.2 Å². The molecule has 0 saturated carbocycles. The summed E-state index contributed by atoms with van der Waals surface area (Å²) in [4.78, 5) is 9.70. The third-order valence-corrected chi connectivity index (χ3v) is 2.33. The van der Waals surface area contributed by atoms with Crippen molar-refractivity contribution in [2.24, 2.45) is 0 Å². The molecule has 1 heterocycles. The van der Waals surface area contributed by atoms with E-state index in [1.165, 1.54) is 14.0 Å². The van der Waals surface area contributed by atoms with Crippen molar-refractivity contribution in [3.8, 4) is 0 Å². The van der Waals surface area contributed by atoms with E-state index in [-0.39, 0.29) is 18.9 Å². The highest BCUT2D eigenvalue weighted by molar-refractivity contribution is 5.72. The van der Waals surface area contributed by atoms with E-state index in [9.17, 15) is 15.0 Å². The molecule has 19 heavy (non-hydrogen) atoms. The minimum Gasteiger partial charge on any atom is -0.394 e. The third-order valence-electron chi connectivity index (χ3n) is 2.33. The second-order valence-corrected chi connectivity index (χ2v) is 3.62. The van der Waals surface area contributed by atoms with Gasteiger partial charge in [-0.1, -0.05) is 13.8 Å². The predicted molar refractivity (Wildman–Crippen MR) is 70.5 cm³/mol. The van der Waals surface area contributed by atoms with Gasteiger partial charge in [0.15, 0.2) is 6.29 Å². The summed E-state index contributed by atoms with van der Waals surface area (Å²) in [6.07, 6.45) is -2.98. The van der Waals surface area contributed by atoms with Gasteiger partial charge < -0.3 is 30.1 Å². The number of aliphatic hydroxyl groups excluding tert-OH is 3. The maximum absolute atomic E-state index is 9.70. The Kier molecular flexibility index (Phi) is 13.3. The van der Waals surface area contributed by atoms with Gasteiger partial charge in [-0.2, -0.15) is 0 Å². The first kappa shape index (κ1) is 20.6. The fourth-order valence-corrected chi connectivity index (χ4v) is 1.22. The lowest BCUT2D eigenvalue weighted by Crippen LogP contribution is -2.50. The Labute approximate surface area is 114 Å². The van der Waals surface area contributed by atoms with Gasteiger partial charge in [-0.05, 0) is 0 Å². The van der Waals surface area contributed by atoms with Crippen molar-refractivity contribution in [3.63, 3.8) is 0 Å². The summed E-state index contributed by atoms with van der Waals surface area (Å²) in [5.74, 6) is 0.00463. The molecular formula is C12H27NO6. The lowest BCUT2D eigenvalue weighted by molar-refractivity contribution is -0.248. The third kappa shape index (κ3) is 8.90. The van der Waals surface area contributed by atoms with Gasteiger partial charge in [-0.15, -0.1) is 0 Å². The summed E-state index contributed by atoms with van der Waals surface area (Å²) < 4.78 is 9.92. The Morgan fingerprint density at radius 1 is 1.42 bits per heavy atom. The second-order valence-electron chi connectivity index (χ2n) is 3.62. The molecule has 4 unspecified atom stereocenters. The smallest absolute Gasteiger partial charge is 0.216 e. The van der Waals surface area contributed by atoms with Crippen molar-refractivity contribution in [2.75, 3.05) is 20.8 Å². The number of ether oxygens (including phenoxy) is 2. The standard InChI is InChI=1S/C7H14O5.C3H7NO.C2H6/c1-11-6-2-4(9)7(10)5(3-8)12-6;1-3(5)4-2;1-2/h4-10H,2-3H2,1H3;1-2H3,(H,4,5);1-2H3.